The minimum absolute atomic E-state index is 0.0378. The highest BCUT2D eigenvalue weighted by Crippen LogP contribution is 2.34. The van der Waals surface area contributed by atoms with Gasteiger partial charge in [-0.15, -0.1) is 0 Å². The summed E-state index contributed by atoms with van der Waals surface area (Å²) in [6, 6.07) is 15.9. The lowest BCUT2D eigenvalue weighted by atomic mass is 10.0. The molecule has 0 spiro atoms. The van der Waals surface area contributed by atoms with Crippen LogP contribution in [0.15, 0.2) is 48.5 Å². The van der Waals surface area contributed by atoms with Crippen LogP contribution in [0.4, 0.5) is 5.69 Å². The molecule has 0 aromatic heterocycles. The van der Waals surface area contributed by atoms with Gasteiger partial charge in [0.05, 0.1) is 0 Å². The van der Waals surface area contributed by atoms with Crippen LogP contribution in [0.5, 0.6) is 5.75 Å². The van der Waals surface area contributed by atoms with Gasteiger partial charge in [-0.25, -0.2) is 0 Å². The van der Waals surface area contributed by atoms with Crippen molar-refractivity contribution in [3.8, 4) is 5.75 Å². The Morgan fingerprint density at radius 2 is 1.71 bits per heavy atom. The van der Waals surface area contributed by atoms with Crippen LogP contribution in [0.25, 0.3) is 21.5 Å². The Morgan fingerprint density at radius 3 is 2.33 bits per heavy atom. The summed E-state index contributed by atoms with van der Waals surface area (Å²) in [6.07, 6.45) is 0.830. The highest BCUT2D eigenvalue weighted by molar-refractivity contribution is 6.06. The van der Waals surface area contributed by atoms with Gasteiger partial charge in [-0.1, -0.05) is 31.2 Å². The number of methoxy groups -OCH3 is 1. The number of rotatable bonds is 4. The number of hydrogen-bond donors (Lipinski definition) is 2. The molecule has 3 aromatic rings. The van der Waals surface area contributed by atoms with Gasteiger partial charge < -0.3 is 15.2 Å². The summed E-state index contributed by atoms with van der Waals surface area (Å²) in [5, 5.41) is 17.7. The van der Waals surface area contributed by atoms with E-state index in [4.69, 9.17) is 4.74 Å². The molecule has 3 heteroatoms. The molecule has 1 unspecified atom stereocenters. The third-order valence-electron chi connectivity index (χ3n) is 3.83. The average Bonchev–Trinajstić information content (AvgIpc) is 2.53. The summed E-state index contributed by atoms with van der Waals surface area (Å²) in [4.78, 5) is 0. The van der Waals surface area contributed by atoms with Crippen LogP contribution in [0.1, 0.15) is 13.3 Å². The standard InChI is InChI=1S/C18H19NO2/c1-3-18(21-2)19-16-8-9-17(20)15-11-13-7-5-4-6-12(13)10-14(15)16/h4-11,18-20H,3H2,1-2H3. The fraction of sp³-hybridized carbons (Fsp3) is 0.222. The third-order valence-corrected chi connectivity index (χ3v) is 3.83. The van der Waals surface area contributed by atoms with E-state index in [9.17, 15) is 5.11 Å². The van der Waals surface area contributed by atoms with E-state index in [-0.39, 0.29) is 6.23 Å². The van der Waals surface area contributed by atoms with E-state index in [1.165, 1.54) is 0 Å². The predicted molar refractivity (Wildman–Crippen MR) is 87.8 cm³/mol. The van der Waals surface area contributed by atoms with Gasteiger partial charge in [0.1, 0.15) is 12.0 Å². The van der Waals surface area contributed by atoms with Crippen molar-refractivity contribution in [1.29, 1.82) is 0 Å². The second-order valence-corrected chi connectivity index (χ2v) is 5.15. The molecule has 0 radical (unpaired) electrons. The topological polar surface area (TPSA) is 41.5 Å². The van der Waals surface area contributed by atoms with E-state index >= 15 is 0 Å². The fourth-order valence-electron chi connectivity index (χ4n) is 2.64. The number of aromatic hydroxyl groups is 1. The molecule has 0 aliphatic carbocycles. The summed E-state index contributed by atoms with van der Waals surface area (Å²) < 4.78 is 5.40. The van der Waals surface area contributed by atoms with Gasteiger partial charge in [0, 0.05) is 23.6 Å². The van der Waals surface area contributed by atoms with E-state index in [0.29, 0.717) is 5.75 Å². The van der Waals surface area contributed by atoms with Crippen molar-refractivity contribution >= 4 is 27.2 Å². The van der Waals surface area contributed by atoms with Crippen molar-refractivity contribution < 1.29 is 9.84 Å². The second kappa shape index (κ2) is 5.62. The van der Waals surface area contributed by atoms with E-state index in [0.717, 1.165) is 33.7 Å². The molecule has 0 amide bonds. The van der Waals surface area contributed by atoms with Crippen molar-refractivity contribution in [1.82, 2.24) is 0 Å². The summed E-state index contributed by atoms with van der Waals surface area (Å²) in [6.45, 7) is 2.07. The van der Waals surface area contributed by atoms with Crippen molar-refractivity contribution in [3.05, 3.63) is 48.5 Å². The first-order valence-electron chi connectivity index (χ1n) is 7.16. The van der Waals surface area contributed by atoms with Gasteiger partial charge in [0.15, 0.2) is 0 Å². The molecule has 2 N–H and O–H groups in total. The molecule has 0 fully saturated rings. The fourth-order valence-corrected chi connectivity index (χ4v) is 2.64. The normalized spacial score (nSPS) is 12.7. The van der Waals surface area contributed by atoms with E-state index in [1.807, 2.05) is 24.3 Å². The Labute approximate surface area is 124 Å². The third kappa shape index (κ3) is 2.52. The van der Waals surface area contributed by atoms with Crippen LogP contribution in [0.3, 0.4) is 0 Å². The maximum absolute atomic E-state index is 10.1. The minimum atomic E-state index is -0.0378. The summed E-state index contributed by atoms with van der Waals surface area (Å²) in [5.74, 6) is 0.298. The zero-order valence-electron chi connectivity index (χ0n) is 12.3. The number of phenols is 1. The zero-order valence-corrected chi connectivity index (χ0v) is 12.3. The van der Waals surface area contributed by atoms with Gasteiger partial charge in [0.2, 0.25) is 0 Å². The minimum Gasteiger partial charge on any atom is -0.507 e. The lowest BCUT2D eigenvalue weighted by Crippen LogP contribution is -2.20. The number of hydrogen-bond acceptors (Lipinski definition) is 3. The maximum atomic E-state index is 10.1. The Kier molecular flexibility index (Phi) is 3.67. The van der Waals surface area contributed by atoms with E-state index in [2.05, 4.69) is 30.4 Å². The zero-order chi connectivity index (χ0) is 14.8. The smallest absolute Gasteiger partial charge is 0.127 e. The van der Waals surface area contributed by atoms with Gasteiger partial charge in [-0.2, -0.15) is 0 Å². The van der Waals surface area contributed by atoms with Crippen LogP contribution in [-0.2, 0) is 4.74 Å². The number of benzene rings is 3. The monoisotopic (exact) mass is 281 g/mol. The molecule has 108 valence electrons. The van der Waals surface area contributed by atoms with Crippen LogP contribution in [-0.4, -0.2) is 18.4 Å². The molecule has 0 bridgehead atoms. The Bertz CT molecular complexity index is 779. The molecular formula is C18H19NO2. The first kappa shape index (κ1) is 13.7. The maximum Gasteiger partial charge on any atom is 0.127 e. The summed E-state index contributed by atoms with van der Waals surface area (Å²) >= 11 is 0. The van der Waals surface area contributed by atoms with Crippen molar-refractivity contribution in [3.63, 3.8) is 0 Å². The highest BCUT2D eigenvalue weighted by Gasteiger charge is 2.10. The van der Waals surface area contributed by atoms with E-state index in [1.54, 1.807) is 13.2 Å². The van der Waals surface area contributed by atoms with Crippen LogP contribution in [0.2, 0.25) is 0 Å². The van der Waals surface area contributed by atoms with Crippen molar-refractivity contribution in [2.75, 3.05) is 12.4 Å². The Morgan fingerprint density at radius 1 is 1.05 bits per heavy atom. The van der Waals surface area contributed by atoms with Gasteiger partial charge in [0.25, 0.3) is 0 Å². The number of nitrogens with one attached hydrogen (secondary N) is 1. The SMILES string of the molecule is CCC(Nc1ccc(O)c2cc3ccccc3cc12)OC. The molecule has 0 aliphatic rings. The number of phenolic OH excluding ortho intramolecular Hbond substituents is 1. The number of fused-ring (bicyclic) bond motifs is 2. The van der Waals surface area contributed by atoms with Crippen molar-refractivity contribution in [2.45, 2.75) is 19.6 Å². The van der Waals surface area contributed by atoms with Crippen LogP contribution < -0.4 is 5.32 Å². The number of anilines is 1. The molecule has 21 heavy (non-hydrogen) atoms. The highest BCUT2D eigenvalue weighted by atomic mass is 16.5. The van der Waals surface area contributed by atoms with Gasteiger partial charge >= 0.3 is 0 Å². The molecule has 0 heterocycles. The molecule has 3 aromatic carbocycles. The van der Waals surface area contributed by atoms with Gasteiger partial charge in [-0.3, -0.25) is 0 Å². The Balaban J connectivity index is 2.21. The lowest BCUT2D eigenvalue weighted by Gasteiger charge is -2.18. The van der Waals surface area contributed by atoms with Crippen LogP contribution >= 0.6 is 0 Å². The molecule has 0 saturated heterocycles. The summed E-state index contributed by atoms with van der Waals surface area (Å²) in [5.41, 5.74) is 0.974. The average molecular weight is 281 g/mol. The largest absolute Gasteiger partial charge is 0.507 e. The molecule has 3 nitrogen and oxygen atoms in total. The van der Waals surface area contributed by atoms with E-state index < -0.39 is 0 Å². The quantitative estimate of drug-likeness (QED) is 0.420. The Hall–Kier alpha value is -2.26. The summed E-state index contributed by atoms with van der Waals surface area (Å²) in [7, 11) is 1.69. The molecule has 1 atom stereocenters. The molecule has 0 saturated carbocycles. The second-order valence-electron chi connectivity index (χ2n) is 5.15. The first-order chi connectivity index (χ1) is 10.2. The first-order valence-corrected chi connectivity index (χ1v) is 7.16. The van der Waals surface area contributed by atoms with Crippen molar-refractivity contribution in [2.24, 2.45) is 0 Å². The molecular weight excluding hydrogens is 262 g/mol. The van der Waals surface area contributed by atoms with Gasteiger partial charge in [-0.05, 0) is 41.5 Å². The molecule has 0 aliphatic heterocycles. The predicted octanol–water partition coefficient (Wildman–Crippen LogP) is 4.49. The number of ether oxygens (including phenoxy) is 1. The molecule has 3 rings (SSSR count). The lowest BCUT2D eigenvalue weighted by molar-refractivity contribution is 0.122. The van der Waals surface area contributed by atoms with Crippen LogP contribution in [0, 0.1) is 0 Å².